The Kier molecular flexibility index (Phi) is 7.63. The van der Waals surface area contributed by atoms with Gasteiger partial charge in [-0.05, 0) is 48.0 Å². The number of carbonyl (C=O) groups excluding carboxylic acids is 1. The first kappa shape index (κ1) is 25.6. The zero-order valence-corrected chi connectivity index (χ0v) is 21.9. The average Bonchev–Trinajstić information content (AvgIpc) is 2.80. The molecule has 0 amide bonds. The fourth-order valence-electron chi connectivity index (χ4n) is 3.17. The number of anilines is 1. The first-order chi connectivity index (χ1) is 15.9. The number of hydrogen-bond acceptors (Lipinski definition) is 6. The number of hydrogen-bond donors (Lipinski definition) is 1. The predicted octanol–water partition coefficient (Wildman–Crippen LogP) is 6.30. The molecular formula is C26H33FN2O4Si. The largest absolute Gasteiger partial charge is 0.497 e. The molecule has 1 N–H and O–H groups in total. The summed E-state index contributed by atoms with van der Waals surface area (Å²) in [6, 6.07) is 12.4. The van der Waals surface area contributed by atoms with E-state index in [1.165, 1.54) is 19.2 Å². The van der Waals surface area contributed by atoms with E-state index in [2.05, 4.69) is 44.2 Å². The third kappa shape index (κ3) is 5.74. The molecule has 3 aromatic rings. The molecule has 182 valence electrons. The second kappa shape index (κ2) is 10.1. The fourth-order valence-corrected chi connectivity index (χ4v) is 4.12. The summed E-state index contributed by atoms with van der Waals surface area (Å²) >= 11 is 0. The molecule has 6 nitrogen and oxygen atoms in total. The molecule has 0 saturated carbocycles. The highest BCUT2D eigenvalue weighted by atomic mass is 28.4. The molecule has 0 atom stereocenters. The van der Waals surface area contributed by atoms with Crippen molar-refractivity contribution in [2.24, 2.45) is 0 Å². The van der Waals surface area contributed by atoms with Crippen molar-refractivity contribution in [1.82, 2.24) is 4.98 Å². The molecule has 0 aliphatic carbocycles. The number of carbonyl (C=O) groups is 1. The molecule has 0 unspecified atom stereocenters. The van der Waals surface area contributed by atoms with E-state index >= 15 is 0 Å². The smallest absolute Gasteiger partial charge is 0.340 e. The molecule has 0 saturated heterocycles. The molecule has 0 aliphatic rings. The van der Waals surface area contributed by atoms with E-state index in [0.29, 0.717) is 29.9 Å². The van der Waals surface area contributed by atoms with Crippen LogP contribution in [0.25, 0.3) is 10.9 Å². The molecule has 0 radical (unpaired) electrons. The van der Waals surface area contributed by atoms with Crippen LogP contribution in [0.5, 0.6) is 5.75 Å². The van der Waals surface area contributed by atoms with E-state index in [1.807, 2.05) is 30.3 Å². The monoisotopic (exact) mass is 484 g/mol. The summed E-state index contributed by atoms with van der Waals surface area (Å²) in [5.41, 5.74) is 2.21. The summed E-state index contributed by atoms with van der Waals surface area (Å²) in [5, 5.41) is 4.07. The van der Waals surface area contributed by atoms with Crippen LogP contribution < -0.4 is 10.1 Å². The Bertz CT molecular complexity index is 1170. The van der Waals surface area contributed by atoms with E-state index in [9.17, 15) is 9.18 Å². The minimum absolute atomic E-state index is 0.0507. The quantitative estimate of drug-likeness (QED) is 0.299. The van der Waals surface area contributed by atoms with Gasteiger partial charge >= 0.3 is 5.97 Å². The lowest BCUT2D eigenvalue weighted by Crippen LogP contribution is -2.40. The Labute approximate surface area is 201 Å². The Balaban J connectivity index is 1.98. The van der Waals surface area contributed by atoms with Gasteiger partial charge in [-0.1, -0.05) is 32.9 Å². The molecule has 0 fully saturated rings. The third-order valence-electron chi connectivity index (χ3n) is 6.40. The number of pyridine rings is 1. The van der Waals surface area contributed by atoms with Crippen molar-refractivity contribution in [1.29, 1.82) is 0 Å². The number of benzene rings is 2. The Hall–Kier alpha value is -2.97. The van der Waals surface area contributed by atoms with E-state index in [1.54, 1.807) is 7.11 Å². The minimum Gasteiger partial charge on any atom is -0.497 e. The van der Waals surface area contributed by atoms with Crippen LogP contribution in [0, 0.1) is 5.82 Å². The second-order valence-corrected chi connectivity index (χ2v) is 14.6. The van der Waals surface area contributed by atoms with E-state index in [4.69, 9.17) is 13.9 Å². The predicted molar refractivity (Wildman–Crippen MR) is 135 cm³/mol. The lowest BCUT2D eigenvalue weighted by molar-refractivity contribution is 0.0595. The number of methoxy groups -OCH3 is 2. The van der Waals surface area contributed by atoms with Crippen LogP contribution in [-0.4, -0.2) is 33.5 Å². The van der Waals surface area contributed by atoms with E-state index in [0.717, 1.165) is 16.9 Å². The highest BCUT2D eigenvalue weighted by Gasteiger charge is 2.37. The molecule has 1 heterocycles. The molecule has 0 spiro atoms. The summed E-state index contributed by atoms with van der Waals surface area (Å²) in [6.07, 6.45) is 0. The maximum absolute atomic E-state index is 14.6. The number of halogens is 1. The van der Waals surface area contributed by atoms with Crippen LogP contribution in [0.4, 0.5) is 10.2 Å². The van der Waals surface area contributed by atoms with Gasteiger partial charge < -0.3 is 19.2 Å². The zero-order valence-electron chi connectivity index (χ0n) is 20.9. The molecule has 34 heavy (non-hydrogen) atoms. The zero-order chi connectivity index (χ0) is 25.1. The van der Waals surface area contributed by atoms with Crippen molar-refractivity contribution in [3.8, 4) is 5.75 Å². The fraction of sp³-hybridized carbons (Fsp3) is 0.385. The highest BCUT2D eigenvalue weighted by Crippen LogP contribution is 2.37. The highest BCUT2D eigenvalue weighted by molar-refractivity contribution is 6.74. The Morgan fingerprint density at radius 2 is 1.76 bits per heavy atom. The number of esters is 1. The SMILES string of the molecule is COC(=O)c1cc2cc(CO[Si](C)(C)C(C)(C)C)c(NCc3ccc(OC)cc3)nc2cc1F. The van der Waals surface area contributed by atoms with Crippen molar-refractivity contribution in [3.05, 3.63) is 65.0 Å². The van der Waals surface area contributed by atoms with Crippen LogP contribution >= 0.6 is 0 Å². The number of ether oxygens (including phenoxy) is 2. The van der Waals surface area contributed by atoms with Crippen LogP contribution in [0.3, 0.4) is 0 Å². The van der Waals surface area contributed by atoms with Gasteiger partial charge in [0.2, 0.25) is 0 Å². The molecule has 1 aromatic heterocycles. The maximum Gasteiger partial charge on any atom is 0.340 e. The van der Waals surface area contributed by atoms with Gasteiger partial charge in [-0.3, -0.25) is 0 Å². The summed E-state index contributed by atoms with van der Waals surface area (Å²) < 4.78 is 30.9. The number of fused-ring (bicyclic) bond motifs is 1. The number of nitrogens with one attached hydrogen (secondary N) is 1. The summed E-state index contributed by atoms with van der Waals surface area (Å²) in [4.78, 5) is 16.7. The van der Waals surface area contributed by atoms with Crippen LogP contribution in [-0.2, 0) is 22.3 Å². The molecular weight excluding hydrogens is 451 g/mol. The average molecular weight is 485 g/mol. The van der Waals surface area contributed by atoms with Gasteiger partial charge in [0.15, 0.2) is 8.32 Å². The van der Waals surface area contributed by atoms with Gasteiger partial charge in [-0.15, -0.1) is 0 Å². The van der Waals surface area contributed by atoms with Gasteiger partial charge in [0.05, 0.1) is 31.9 Å². The van der Waals surface area contributed by atoms with Crippen molar-refractivity contribution in [3.63, 3.8) is 0 Å². The van der Waals surface area contributed by atoms with Crippen molar-refractivity contribution in [2.75, 3.05) is 19.5 Å². The van der Waals surface area contributed by atoms with Gasteiger partial charge in [0.25, 0.3) is 0 Å². The Morgan fingerprint density at radius 1 is 1.09 bits per heavy atom. The molecule has 3 rings (SSSR count). The first-order valence-electron chi connectivity index (χ1n) is 11.2. The lowest BCUT2D eigenvalue weighted by Gasteiger charge is -2.36. The van der Waals surface area contributed by atoms with E-state index in [-0.39, 0.29) is 10.6 Å². The van der Waals surface area contributed by atoms with Crippen molar-refractivity contribution in [2.45, 2.75) is 52.1 Å². The normalized spacial score (nSPS) is 12.0. The van der Waals surface area contributed by atoms with Crippen LogP contribution in [0.15, 0.2) is 42.5 Å². The summed E-state index contributed by atoms with van der Waals surface area (Å²) in [7, 11) is 0.839. The van der Waals surface area contributed by atoms with Crippen LogP contribution in [0.2, 0.25) is 18.1 Å². The summed E-state index contributed by atoms with van der Waals surface area (Å²) in [6.45, 7) is 11.8. The van der Waals surface area contributed by atoms with Gasteiger partial charge in [-0.2, -0.15) is 0 Å². The maximum atomic E-state index is 14.6. The van der Waals surface area contributed by atoms with Crippen molar-refractivity contribution < 1.29 is 23.1 Å². The standard InChI is InChI=1S/C26H33FN2O4Si/c1-26(2,3)34(6,7)33-16-19-12-18-13-21(25(30)32-5)22(27)14-23(18)29-24(19)28-15-17-8-10-20(31-4)11-9-17/h8-14H,15-16H2,1-7H3,(H,28,29). The first-order valence-corrected chi connectivity index (χ1v) is 14.1. The molecule has 0 bridgehead atoms. The molecule has 0 aliphatic heterocycles. The van der Waals surface area contributed by atoms with Gasteiger partial charge in [0.1, 0.15) is 17.4 Å². The van der Waals surface area contributed by atoms with Gasteiger partial charge in [-0.25, -0.2) is 14.2 Å². The second-order valence-electron chi connectivity index (χ2n) is 9.76. The van der Waals surface area contributed by atoms with E-state index < -0.39 is 20.1 Å². The summed E-state index contributed by atoms with van der Waals surface area (Å²) in [5.74, 6) is 0.0126. The van der Waals surface area contributed by atoms with Crippen molar-refractivity contribution >= 4 is 31.0 Å². The van der Waals surface area contributed by atoms with Crippen LogP contribution in [0.1, 0.15) is 42.3 Å². The lowest BCUT2D eigenvalue weighted by atomic mass is 10.1. The Morgan fingerprint density at radius 3 is 2.35 bits per heavy atom. The minimum atomic E-state index is -2.02. The number of nitrogens with zero attached hydrogens (tertiary/aromatic N) is 1. The molecule has 8 heteroatoms. The van der Waals surface area contributed by atoms with Gasteiger partial charge in [0, 0.05) is 23.6 Å². The topological polar surface area (TPSA) is 69.7 Å². The molecule has 2 aromatic carbocycles. The number of rotatable bonds is 8. The number of aromatic nitrogens is 1. The third-order valence-corrected chi connectivity index (χ3v) is 10.9.